The SMILES string of the molecule is CS(=O)(=O)c1ccc(-c2ccccc2-c2cc(F)c(Cl)c(F)c2)cc1. The quantitative estimate of drug-likeness (QED) is 0.575. The minimum Gasteiger partial charge on any atom is -0.224 e. The van der Waals surface area contributed by atoms with Crippen LogP contribution in [0.5, 0.6) is 0 Å². The zero-order valence-corrected chi connectivity index (χ0v) is 14.7. The van der Waals surface area contributed by atoms with Gasteiger partial charge >= 0.3 is 0 Å². The Labute approximate surface area is 149 Å². The molecule has 0 saturated heterocycles. The highest BCUT2D eigenvalue weighted by Gasteiger charge is 2.14. The third kappa shape index (κ3) is 3.57. The van der Waals surface area contributed by atoms with Crippen molar-refractivity contribution in [2.24, 2.45) is 0 Å². The minimum atomic E-state index is -3.29. The van der Waals surface area contributed by atoms with Crippen LogP contribution in [0.2, 0.25) is 5.02 Å². The molecule has 0 spiro atoms. The Morgan fingerprint density at radius 1 is 0.800 bits per heavy atom. The van der Waals surface area contributed by atoms with Gasteiger partial charge in [-0.2, -0.15) is 0 Å². The molecule has 6 heteroatoms. The summed E-state index contributed by atoms with van der Waals surface area (Å²) in [6, 6.07) is 15.8. The first kappa shape index (κ1) is 17.6. The van der Waals surface area contributed by atoms with Crippen LogP contribution in [0.3, 0.4) is 0 Å². The van der Waals surface area contributed by atoms with Gasteiger partial charge in [-0.1, -0.05) is 48.0 Å². The van der Waals surface area contributed by atoms with Gasteiger partial charge in [0.1, 0.15) is 16.7 Å². The topological polar surface area (TPSA) is 34.1 Å². The molecule has 0 aliphatic rings. The maximum atomic E-state index is 13.8. The van der Waals surface area contributed by atoms with Gasteiger partial charge in [-0.15, -0.1) is 0 Å². The normalized spacial score (nSPS) is 11.5. The lowest BCUT2D eigenvalue weighted by Crippen LogP contribution is -1.96. The van der Waals surface area contributed by atoms with E-state index in [9.17, 15) is 17.2 Å². The summed E-state index contributed by atoms with van der Waals surface area (Å²) in [6.45, 7) is 0. The fraction of sp³-hybridized carbons (Fsp3) is 0.0526. The molecule has 25 heavy (non-hydrogen) atoms. The highest BCUT2D eigenvalue weighted by atomic mass is 35.5. The molecule has 0 N–H and O–H groups in total. The average molecular weight is 379 g/mol. The molecule has 0 unspecified atom stereocenters. The van der Waals surface area contributed by atoms with Crippen LogP contribution in [0, 0.1) is 11.6 Å². The summed E-state index contributed by atoms with van der Waals surface area (Å²) < 4.78 is 50.8. The van der Waals surface area contributed by atoms with Crippen LogP contribution in [-0.4, -0.2) is 14.7 Å². The molecule has 3 rings (SSSR count). The summed E-state index contributed by atoms with van der Waals surface area (Å²) in [6.07, 6.45) is 1.13. The Morgan fingerprint density at radius 2 is 1.28 bits per heavy atom. The van der Waals surface area contributed by atoms with E-state index in [1.54, 1.807) is 36.4 Å². The van der Waals surface area contributed by atoms with Crippen molar-refractivity contribution < 1.29 is 17.2 Å². The average Bonchev–Trinajstić information content (AvgIpc) is 2.58. The van der Waals surface area contributed by atoms with E-state index in [1.807, 2.05) is 0 Å². The van der Waals surface area contributed by atoms with Gasteiger partial charge in [0.2, 0.25) is 0 Å². The second kappa shape index (κ2) is 6.58. The number of benzene rings is 3. The van der Waals surface area contributed by atoms with E-state index in [0.717, 1.165) is 17.4 Å². The molecule has 2 nitrogen and oxygen atoms in total. The van der Waals surface area contributed by atoms with Crippen LogP contribution < -0.4 is 0 Å². The molecule has 3 aromatic carbocycles. The summed E-state index contributed by atoms with van der Waals surface area (Å²) in [7, 11) is -3.29. The Bertz CT molecular complexity index is 1020. The Morgan fingerprint density at radius 3 is 1.76 bits per heavy atom. The van der Waals surface area contributed by atoms with Crippen molar-refractivity contribution in [1.29, 1.82) is 0 Å². The number of rotatable bonds is 3. The number of halogens is 3. The van der Waals surface area contributed by atoms with Crippen molar-refractivity contribution in [3.8, 4) is 22.3 Å². The lowest BCUT2D eigenvalue weighted by molar-refractivity contribution is 0.585. The minimum absolute atomic E-state index is 0.206. The van der Waals surface area contributed by atoms with Gasteiger partial charge in [0.05, 0.1) is 4.90 Å². The predicted molar refractivity (Wildman–Crippen MR) is 95.3 cm³/mol. The van der Waals surface area contributed by atoms with Gasteiger partial charge in [-0.05, 0) is 46.5 Å². The van der Waals surface area contributed by atoms with Gasteiger partial charge in [0, 0.05) is 6.26 Å². The van der Waals surface area contributed by atoms with Crippen LogP contribution in [-0.2, 0) is 9.84 Å². The highest BCUT2D eigenvalue weighted by Crippen LogP contribution is 2.34. The fourth-order valence-corrected chi connectivity index (χ4v) is 3.32. The lowest BCUT2D eigenvalue weighted by Gasteiger charge is -2.11. The summed E-state index contributed by atoms with van der Waals surface area (Å²) >= 11 is 5.55. The molecular formula is C19H13ClF2O2S. The number of sulfone groups is 1. The first-order valence-electron chi connectivity index (χ1n) is 7.32. The van der Waals surface area contributed by atoms with Crippen LogP contribution in [0.4, 0.5) is 8.78 Å². The van der Waals surface area contributed by atoms with Gasteiger partial charge in [0.25, 0.3) is 0 Å². The van der Waals surface area contributed by atoms with Gasteiger partial charge in [0.15, 0.2) is 9.84 Å². The Hall–Kier alpha value is -2.24. The van der Waals surface area contributed by atoms with Crippen LogP contribution in [0.25, 0.3) is 22.3 Å². The maximum absolute atomic E-state index is 13.8. The van der Waals surface area contributed by atoms with Gasteiger partial charge in [-0.3, -0.25) is 0 Å². The Balaban J connectivity index is 2.14. The van der Waals surface area contributed by atoms with E-state index in [-0.39, 0.29) is 4.90 Å². The lowest BCUT2D eigenvalue weighted by atomic mass is 9.94. The van der Waals surface area contributed by atoms with Crippen molar-refractivity contribution in [1.82, 2.24) is 0 Å². The molecule has 0 amide bonds. The first-order valence-corrected chi connectivity index (χ1v) is 9.59. The van der Waals surface area contributed by atoms with Crippen LogP contribution >= 0.6 is 11.6 Å². The molecule has 0 radical (unpaired) electrons. The van der Waals surface area contributed by atoms with E-state index < -0.39 is 26.5 Å². The van der Waals surface area contributed by atoms with E-state index in [4.69, 9.17) is 11.6 Å². The summed E-state index contributed by atoms with van der Waals surface area (Å²) in [4.78, 5) is 0.206. The van der Waals surface area contributed by atoms with Gasteiger partial charge in [-0.25, -0.2) is 17.2 Å². The standard InChI is InChI=1S/C19H13ClF2O2S/c1-25(23,24)14-8-6-12(7-9-14)15-4-2-3-5-16(15)13-10-17(21)19(20)18(22)11-13/h2-11H,1H3. The fourth-order valence-electron chi connectivity index (χ4n) is 2.58. The molecule has 0 saturated carbocycles. The van der Waals surface area contributed by atoms with E-state index in [1.165, 1.54) is 24.3 Å². The predicted octanol–water partition coefficient (Wildman–Crippen LogP) is 5.36. The van der Waals surface area contributed by atoms with Crippen molar-refractivity contribution in [2.45, 2.75) is 4.90 Å². The van der Waals surface area contributed by atoms with Crippen molar-refractivity contribution >= 4 is 21.4 Å². The molecule has 0 bridgehead atoms. The highest BCUT2D eigenvalue weighted by molar-refractivity contribution is 7.90. The molecule has 0 aromatic heterocycles. The van der Waals surface area contributed by atoms with Crippen molar-refractivity contribution in [2.75, 3.05) is 6.26 Å². The zero-order valence-electron chi connectivity index (χ0n) is 13.1. The molecular weight excluding hydrogens is 366 g/mol. The second-order valence-corrected chi connectivity index (χ2v) is 7.99. The van der Waals surface area contributed by atoms with E-state index >= 15 is 0 Å². The molecule has 0 aliphatic carbocycles. The van der Waals surface area contributed by atoms with E-state index in [0.29, 0.717) is 11.1 Å². The number of hydrogen-bond acceptors (Lipinski definition) is 2. The molecule has 128 valence electrons. The number of hydrogen-bond donors (Lipinski definition) is 0. The molecule has 0 atom stereocenters. The van der Waals surface area contributed by atoms with Crippen LogP contribution in [0.1, 0.15) is 0 Å². The molecule has 0 fully saturated rings. The van der Waals surface area contributed by atoms with Gasteiger partial charge < -0.3 is 0 Å². The van der Waals surface area contributed by atoms with Crippen LogP contribution in [0.15, 0.2) is 65.6 Å². The van der Waals surface area contributed by atoms with Crippen molar-refractivity contribution in [3.63, 3.8) is 0 Å². The molecule has 3 aromatic rings. The largest absolute Gasteiger partial charge is 0.224 e. The Kier molecular flexibility index (Phi) is 4.62. The second-order valence-electron chi connectivity index (χ2n) is 5.60. The zero-order chi connectivity index (χ0) is 18.2. The summed E-state index contributed by atoms with van der Waals surface area (Å²) in [5.41, 5.74) is 2.42. The summed E-state index contributed by atoms with van der Waals surface area (Å²) in [5, 5.41) is -0.543. The monoisotopic (exact) mass is 378 g/mol. The molecule has 0 heterocycles. The summed E-state index contributed by atoms with van der Waals surface area (Å²) in [5.74, 6) is -1.67. The van der Waals surface area contributed by atoms with E-state index in [2.05, 4.69) is 0 Å². The maximum Gasteiger partial charge on any atom is 0.175 e. The third-order valence-corrected chi connectivity index (χ3v) is 5.30. The molecule has 0 aliphatic heterocycles. The van der Waals surface area contributed by atoms with Crippen molar-refractivity contribution in [3.05, 3.63) is 77.3 Å². The first-order chi connectivity index (χ1) is 11.8. The third-order valence-electron chi connectivity index (χ3n) is 3.82. The smallest absolute Gasteiger partial charge is 0.175 e.